The predicted octanol–water partition coefficient (Wildman–Crippen LogP) is 4.34. The smallest absolute Gasteiger partial charge is 0.123 e. The topological polar surface area (TPSA) is 23.8 Å². The van der Waals surface area contributed by atoms with Crippen LogP contribution in [-0.2, 0) is 6.42 Å². The highest BCUT2D eigenvalue weighted by Crippen LogP contribution is 2.09. The molecule has 19 heavy (non-hydrogen) atoms. The molecule has 0 N–H and O–H groups in total. The van der Waals surface area contributed by atoms with Crippen LogP contribution in [0.2, 0.25) is 0 Å². The summed E-state index contributed by atoms with van der Waals surface area (Å²) in [6.45, 7) is 0. The minimum Gasteiger partial charge on any atom is -0.207 e. The summed E-state index contributed by atoms with van der Waals surface area (Å²) in [4.78, 5) is 0. The monoisotopic (exact) mass is 251 g/mol. The molecule has 2 rings (SSSR count). The van der Waals surface area contributed by atoms with Crippen LogP contribution in [0.25, 0.3) is 6.08 Å². The summed E-state index contributed by atoms with van der Waals surface area (Å²) in [5.74, 6) is -0.197. The molecule has 0 unspecified atom stereocenters. The largest absolute Gasteiger partial charge is 0.207 e. The molecule has 0 aromatic heterocycles. The van der Waals surface area contributed by atoms with E-state index in [2.05, 4.69) is 12.1 Å². The highest BCUT2D eigenvalue weighted by molar-refractivity contribution is 5.50. The molecule has 1 nitrogen and oxygen atoms in total. The van der Waals surface area contributed by atoms with Gasteiger partial charge in [-0.3, -0.25) is 0 Å². The fraction of sp³-hybridized carbons (Fsp3) is 0.118. The summed E-state index contributed by atoms with van der Waals surface area (Å²) in [6, 6.07) is 16.1. The molecule has 0 atom stereocenters. The van der Waals surface area contributed by atoms with Gasteiger partial charge in [-0.15, -0.1) is 0 Å². The summed E-state index contributed by atoms with van der Waals surface area (Å²) < 4.78 is 12.7. The van der Waals surface area contributed by atoms with E-state index < -0.39 is 0 Å². The van der Waals surface area contributed by atoms with Gasteiger partial charge in [-0.05, 0) is 48.2 Å². The molecule has 0 saturated heterocycles. The van der Waals surface area contributed by atoms with Crippen molar-refractivity contribution in [2.75, 3.05) is 0 Å². The number of nitrogens with zero attached hydrogens (tertiary/aromatic N) is 1. The van der Waals surface area contributed by atoms with E-state index in [4.69, 9.17) is 5.26 Å². The zero-order chi connectivity index (χ0) is 13.5. The molecule has 0 heterocycles. The van der Waals surface area contributed by atoms with Crippen LogP contribution in [0, 0.1) is 17.1 Å². The molecule has 0 spiro atoms. The molecule has 0 radical (unpaired) electrons. The molecule has 2 aromatic carbocycles. The van der Waals surface area contributed by atoms with E-state index in [0.29, 0.717) is 5.56 Å². The molecule has 0 aliphatic heterocycles. The zero-order valence-corrected chi connectivity index (χ0v) is 10.5. The van der Waals surface area contributed by atoms with Crippen molar-refractivity contribution in [1.82, 2.24) is 0 Å². The lowest BCUT2D eigenvalue weighted by atomic mass is 10.1. The number of hydrogen-bond donors (Lipinski definition) is 0. The second-order valence-corrected chi connectivity index (χ2v) is 4.30. The highest BCUT2D eigenvalue weighted by Gasteiger charge is 1.93. The molecule has 2 aromatic rings. The van der Waals surface area contributed by atoms with Gasteiger partial charge in [-0.25, -0.2) is 4.39 Å². The molecular weight excluding hydrogens is 237 g/mol. The van der Waals surface area contributed by atoms with Crippen molar-refractivity contribution >= 4 is 6.08 Å². The van der Waals surface area contributed by atoms with Crippen LogP contribution in [0.1, 0.15) is 23.1 Å². The third-order valence-electron chi connectivity index (χ3n) is 2.86. The van der Waals surface area contributed by atoms with E-state index >= 15 is 0 Å². The van der Waals surface area contributed by atoms with Gasteiger partial charge in [0.15, 0.2) is 0 Å². The maximum absolute atomic E-state index is 12.7. The Kier molecular flexibility index (Phi) is 4.47. The number of halogens is 1. The number of nitriles is 1. The minimum atomic E-state index is -0.197. The van der Waals surface area contributed by atoms with E-state index in [1.807, 2.05) is 30.3 Å². The third-order valence-corrected chi connectivity index (χ3v) is 2.86. The van der Waals surface area contributed by atoms with E-state index in [1.165, 1.54) is 12.1 Å². The lowest BCUT2D eigenvalue weighted by Gasteiger charge is -1.98. The summed E-state index contributed by atoms with van der Waals surface area (Å²) >= 11 is 0. The number of benzene rings is 2. The van der Waals surface area contributed by atoms with Crippen LogP contribution in [0.3, 0.4) is 0 Å². The quantitative estimate of drug-likeness (QED) is 0.792. The average Bonchev–Trinajstić information content (AvgIpc) is 2.46. The number of allylic oxidation sites excluding steroid dienone is 1. The van der Waals surface area contributed by atoms with Gasteiger partial charge >= 0.3 is 0 Å². The maximum Gasteiger partial charge on any atom is 0.123 e. The second kappa shape index (κ2) is 6.51. The van der Waals surface area contributed by atoms with Gasteiger partial charge in [-0.1, -0.05) is 36.4 Å². The third kappa shape index (κ3) is 4.08. The van der Waals surface area contributed by atoms with E-state index in [1.54, 1.807) is 12.1 Å². The van der Waals surface area contributed by atoms with Crippen molar-refractivity contribution in [3.05, 3.63) is 77.1 Å². The fourth-order valence-electron chi connectivity index (χ4n) is 1.79. The number of aryl methyl sites for hydroxylation is 1. The Bertz CT molecular complexity index is 589. The van der Waals surface area contributed by atoms with E-state index in [0.717, 1.165) is 24.0 Å². The lowest BCUT2D eigenvalue weighted by molar-refractivity contribution is 0.627. The molecule has 0 amide bonds. The molecule has 0 saturated carbocycles. The van der Waals surface area contributed by atoms with Crippen molar-refractivity contribution in [3.8, 4) is 6.07 Å². The van der Waals surface area contributed by atoms with Crippen molar-refractivity contribution in [2.24, 2.45) is 0 Å². The van der Waals surface area contributed by atoms with Gasteiger partial charge in [0, 0.05) is 0 Å². The second-order valence-electron chi connectivity index (χ2n) is 4.30. The summed E-state index contributed by atoms with van der Waals surface area (Å²) in [6.07, 6.45) is 5.92. The Hall–Kier alpha value is -2.40. The van der Waals surface area contributed by atoms with E-state index in [9.17, 15) is 4.39 Å². The minimum absolute atomic E-state index is 0.197. The van der Waals surface area contributed by atoms with Crippen molar-refractivity contribution < 1.29 is 4.39 Å². The van der Waals surface area contributed by atoms with Crippen LogP contribution in [-0.4, -0.2) is 0 Å². The Morgan fingerprint density at radius 2 is 1.68 bits per heavy atom. The fourth-order valence-corrected chi connectivity index (χ4v) is 1.79. The van der Waals surface area contributed by atoms with Gasteiger partial charge in [0.05, 0.1) is 11.6 Å². The van der Waals surface area contributed by atoms with Crippen LogP contribution in [0.15, 0.2) is 54.6 Å². The number of hydrogen-bond acceptors (Lipinski definition) is 1. The number of rotatable bonds is 4. The van der Waals surface area contributed by atoms with Crippen molar-refractivity contribution in [1.29, 1.82) is 5.26 Å². The maximum atomic E-state index is 12.7. The average molecular weight is 251 g/mol. The SMILES string of the molecule is N#Cc1ccc(C=CCCc2ccc(F)cc2)cc1. The first-order valence-electron chi connectivity index (χ1n) is 6.19. The summed E-state index contributed by atoms with van der Waals surface area (Å²) in [7, 11) is 0. The van der Waals surface area contributed by atoms with Gasteiger partial charge < -0.3 is 0 Å². The van der Waals surface area contributed by atoms with Crippen LogP contribution < -0.4 is 0 Å². The Balaban J connectivity index is 1.86. The standard InChI is InChI=1S/C17H14FN/c18-17-11-9-15(10-12-17)4-2-1-3-14-5-7-16(13-19)8-6-14/h1,3,5-12H,2,4H2. The molecule has 0 fully saturated rings. The molecular formula is C17H14FN. The first-order chi connectivity index (χ1) is 9.28. The Morgan fingerprint density at radius 1 is 1.00 bits per heavy atom. The van der Waals surface area contributed by atoms with Crippen LogP contribution in [0.4, 0.5) is 4.39 Å². The Morgan fingerprint density at radius 3 is 2.32 bits per heavy atom. The molecule has 0 aliphatic carbocycles. The van der Waals surface area contributed by atoms with Gasteiger partial charge in [0.1, 0.15) is 5.82 Å². The molecule has 0 aliphatic rings. The Labute approximate surface area is 112 Å². The van der Waals surface area contributed by atoms with Gasteiger partial charge in [0.25, 0.3) is 0 Å². The normalized spacial score (nSPS) is 10.5. The highest BCUT2D eigenvalue weighted by atomic mass is 19.1. The lowest BCUT2D eigenvalue weighted by Crippen LogP contribution is -1.83. The van der Waals surface area contributed by atoms with E-state index in [-0.39, 0.29) is 5.82 Å². The molecule has 0 bridgehead atoms. The van der Waals surface area contributed by atoms with Crippen molar-refractivity contribution in [3.63, 3.8) is 0 Å². The van der Waals surface area contributed by atoms with Crippen LogP contribution in [0.5, 0.6) is 0 Å². The van der Waals surface area contributed by atoms with Gasteiger partial charge in [-0.2, -0.15) is 5.26 Å². The first-order valence-corrected chi connectivity index (χ1v) is 6.19. The van der Waals surface area contributed by atoms with Crippen LogP contribution >= 0.6 is 0 Å². The summed E-state index contributed by atoms with van der Waals surface area (Å²) in [5.41, 5.74) is 2.88. The molecule has 94 valence electrons. The predicted molar refractivity (Wildman–Crippen MR) is 74.9 cm³/mol. The van der Waals surface area contributed by atoms with Crippen molar-refractivity contribution in [2.45, 2.75) is 12.8 Å². The zero-order valence-electron chi connectivity index (χ0n) is 10.5. The molecule has 2 heteroatoms. The summed E-state index contributed by atoms with van der Waals surface area (Å²) in [5, 5.41) is 8.69. The first kappa shape index (κ1) is 13.0. The van der Waals surface area contributed by atoms with Gasteiger partial charge in [0.2, 0.25) is 0 Å².